The van der Waals surface area contributed by atoms with Crippen LogP contribution in [0, 0.1) is 23.0 Å². The Hall–Kier alpha value is -2.18. The fourth-order valence-electron chi connectivity index (χ4n) is 1.74. The molecule has 1 rings (SSSR count). The number of aryl methyl sites for hydroxylation is 1. The summed E-state index contributed by atoms with van der Waals surface area (Å²) in [5.41, 5.74) is 0.258. The number of nitro groups is 1. The number of carbonyl (C=O) groups is 1. The third-order valence-electron chi connectivity index (χ3n) is 2.62. The van der Waals surface area contributed by atoms with Crippen molar-refractivity contribution in [2.75, 3.05) is 5.32 Å². The first-order chi connectivity index (χ1) is 8.82. The van der Waals surface area contributed by atoms with Gasteiger partial charge in [0, 0.05) is 11.8 Å². The van der Waals surface area contributed by atoms with Crippen molar-refractivity contribution in [3.63, 3.8) is 0 Å². The normalized spacial score (nSPS) is 12.2. The van der Waals surface area contributed by atoms with Gasteiger partial charge in [-0.05, 0) is 25.3 Å². The van der Waals surface area contributed by atoms with E-state index in [1.54, 1.807) is 6.92 Å². The Morgan fingerprint density at radius 1 is 1.58 bits per heavy atom. The van der Waals surface area contributed by atoms with E-state index in [1.165, 1.54) is 12.3 Å². The van der Waals surface area contributed by atoms with Gasteiger partial charge in [-0.15, -0.1) is 0 Å². The van der Waals surface area contributed by atoms with E-state index in [2.05, 4.69) is 10.3 Å². The van der Waals surface area contributed by atoms with Gasteiger partial charge in [-0.3, -0.25) is 10.1 Å². The van der Waals surface area contributed by atoms with Crippen LogP contribution >= 0.6 is 0 Å². The lowest BCUT2D eigenvalue weighted by Gasteiger charge is -2.17. The average Bonchev–Trinajstić information content (AvgIpc) is 2.26. The Balaban J connectivity index is 3.06. The van der Waals surface area contributed by atoms with Crippen LogP contribution < -0.4 is 5.32 Å². The molecule has 1 aromatic heterocycles. The maximum Gasteiger partial charge on any atom is 0.326 e. The van der Waals surface area contributed by atoms with Crippen LogP contribution in [0.25, 0.3) is 0 Å². The molecule has 104 valence electrons. The molecule has 7 nitrogen and oxygen atoms in total. The zero-order valence-electron chi connectivity index (χ0n) is 11.1. The molecule has 0 aromatic carbocycles. The molecule has 0 fully saturated rings. The van der Waals surface area contributed by atoms with Crippen molar-refractivity contribution < 1.29 is 14.8 Å². The number of nitrogens with one attached hydrogen (secondary N) is 1. The lowest BCUT2D eigenvalue weighted by atomic mass is 10.0. The maximum atomic E-state index is 11.1. The highest BCUT2D eigenvalue weighted by atomic mass is 16.6. The van der Waals surface area contributed by atoms with Crippen LogP contribution in [0.1, 0.15) is 25.8 Å². The molecule has 0 radical (unpaired) electrons. The molecular weight excluding hydrogens is 250 g/mol. The van der Waals surface area contributed by atoms with E-state index < -0.39 is 16.9 Å². The van der Waals surface area contributed by atoms with Crippen molar-refractivity contribution in [2.24, 2.45) is 5.92 Å². The molecule has 0 saturated heterocycles. The third kappa shape index (κ3) is 3.90. The molecule has 1 aromatic rings. The van der Waals surface area contributed by atoms with Crippen LogP contribution in [0.15, 0.2) is 12.3 Å². The fraction of sp³-hybridized carbons (Fsp3) is 0.500. The highest BCUT2D eigenvalue weighted by Crippen LogP contribution is 2.26. The summed E-state index contributed by atoms with van der Waals surface area (Å²) in [6.45, 7) is 5.36. The van der Waals surface area contributed by atoms with Crippen LogP contribution in [0.2, 0.25) is 0 Å². The number of hydrogen-bond donors (Lipinski definition) is 2. The first-order valence-corrected chi connectivity index (χ1v) is 5.92. The van der Waals surface area contributed by atoms with Gasteiger partial charge in [0.2, 0.25) is 5.82 Å². The number of hydrogen-bond acceptors (Lipinski definition) is 5. The summed E-state index contributed by atoms with van der Waals surface area (Å²) in [4.78, 5) is 25.5. The Morgan fingerprint density at radius 2 is 2.21 bits per heavy atom. The van der Waals surface area contributed by atoms with Gasteiger partial charge in [-0.1, -0.05) is 13.8 Å². The molecule has 0 aliphatic heterocycles. The lowest BCUT2D eigenvalue weighted by molar-refractivity contribution is -0.384. The second-order valence-electron chi connectivity index (χ2n) is 4.75. The number of rotatable bonds is 6. The number of anilines is 1. The highest BCUT2D eigenvalue weighted by Gasteiger charge is 2.25. The Labute approximate surface area is 110 Å². The van der Waals surface area contributed by atoms with Crippen molar-refractivity contribution in [1.82, 2.24) is 4.98 Å². The monoisotopic (exact) mass is 267 g/mol. The second kappa shape index (κ2) is 6.12. The Bertz CT molecular complexity index is 488. The standard InChI is InChI=1S/C12H17N3O4/c1-7(2)6-9(12(16)17)14-11-10(15(18)19)8(3)4-5-13-11/h4-5,7,9H,6H2,1-3H3,(H,13,14)(H,16,17). The van der Waals surface area contributed by atoms with Gasteiger partial charge in [0.1, 0.15) is 6.04 Å². The number of aromatic nitrogens is 1. The smallest absolute Gasteiger partial charge is 0.326 e. The topological polar surface area (TPSA) is 105 Å². The van der Waals surface area contributed by atoms with Crippen molar-refractivity contribution in [3.8, 4) is 0 Å². The van der Waals surface area contributed by atoms with Gasteiger partial charge in [-0.2, -0.15) is 0 Å². The molecule has 19 heavy (non-hydrogen) atoms. The summed E-state index contributed by atoms with van der Waals surface area (Å²) in [6, 6.07) is 0.620. The molecule has 1 unspecified atom stereocenters. The van der Waals surface area contributed by atoms with E-state index >= 15 is 0 Å². The molecule has 7 heteroatoms. The van der Waals surface area contributed by atoms with E-state index in [1.807, 2.05) is 13.8 Å². The molecule has 1 heterocycles. The number of carboxylic acids is 1. The van der Waals surface area contributed by atoms with E-state index in [9.17, 15) is 14.9 Å². The minimum atomic E-state index is -1.05. The van der Waals surface area contributed by atoms with Crippen LogP contribution in [-0.2, 0) is 4.79 Å². The third-order valence-corrected chi connectivity index (χ3v) is 2.62. The van der Waals surface area contributed by atoms with Gasteiger partial charge in [0.25, 0.3) is 0 Å². The van der Waals surface area contributed by atoms with Crippen molar-refractivity contribution in [3.05, 3.63) is 27.9 Å². The minimum absolute atomic E-state index is 0.00181. The summed E-state index contributed by atoms with van der Waals surface area (Å²) < 4.78 is 0. The number of aliphatic carboxylic acids is 1. The molecule has 0 amide bonds. The quantitative estimate of drug-likeness (QED) is 0.604. The first kappa shape index (κ1) is 14.9. The van der Waals surface area contributed by atoms with E-state index in [0.29, 0.717) is 12.0 Å². The fourth-order valence-corrected chi connectivity index (χ4v) is 1.74. The Kier molecular flexibility index (Phi) is 4.80. The van der Waals surface area contributed by atoms with E-state index in [-0.39, 0.29) is 17.4 Å². The van der Waals surface area contributed by atoms with Gasteiger partial charge in [0.15, 0.2) is 0 Å². The van der Waals surface area contributed by atoms with Crippen LogP contribution in [0.3, 0.4) is 0 Å². The van der Waals surface area contributed by atoms with Crippen LogP contribution in [-0.4, -0.2) is 27.0 Å². The predicted molar refractivity (Wildman–Crippen MR) is 70.1 cm³/mol. The summed E-state index contributed by atoms with van der Waals surface area (Å²) in [7, 11) is 0. The molecule has 0 spiro atoms. The molecule has 0 saturated carbocycles. The SMILES string of the molecule is Cc1ccnc(NC(CC(C)C)C(=O)O)c1[N+](=O)[O-]. The largest absolute Gasteiger partial charge is 0.480 e. The number of carboxylic acid groups (broad SMARTS) is 1. The zero-order valence-corrected chi connectivity index (χ0v) is 11.1. The van der Waals surface area contributed by atoms with E-state index in [4.69, 9.17) is 5.11 Å². The zero-order chi connectivity index (χ0) is 14.6. The maximum absolute atomic E-state index is 11.1. The van der Waals surface area contributed by atoms with Gasteiger partial charge >= 0.3 is 11.7 Å². The van der Waals surface area contributed by atoms with Gasteiger partial charge in [0.05, 0.1) is 4.92 Å². The van der Waals surface area contributed by atoms with Crippen molar-refractivity contribution >= 4 is 17.5 Å². The highest BCUT2D eigenvalue weighted by molar-refractivity contribution is 5.78. The second-order valence-corrected chi connectivity index (χ2v) is 4.75. The average molecular weight is 267 g/mol. The van der Waals surface area contributed by atoms with Gasteiger partial charge < -0.3 is 10.4 Å². The minimum Gasteiger partial charge on any atom is -0.480 e. The van der Waals surface area contributed by atoms with Crippen LogP contribution in [0.5, 0.6) is 0 Å². The molecule has 0 aliphatic rings. The van der Waals surface area contributed by atoms with Crippen molar-refractivity contribution in [1.29, 1.82) is 0 Å². The summed E-state index contributed by atoms with van der Waals surface area (Å²) >= 11 is 0. The van der Waals surface area contributed by atoms with Crippen molar-refractivity contribution in [2.45, 2.75) is 33.2 Å². The number of pyridine rings is 1. The van der Waals surface area contributed by atoms with Crippen LogP contribution in [0.4, 0.5) is 11.5 Å². The number of nitrogens with zero attached hydrogens (tertiary/aromatic N) is 2. The van der Waals surface area contributed by atoms with Gasteiger partial charge in [-0.25, -0.2) is 9.78 Å². The molecule has 2 N–H and O–H groups in total. The molecule has 1 atom stereocenters. The molecule has 0 aliphatic carbocycles. The van der Waals surface area contributed by atoms with E-state index in [0.717, 1.165) is 0 Å². The molecular formula is C12H17N3O4. The molecule has 0 bridgehead atoms. The summed E-state index contributed by atoms with van der Waals surface area (Å²) in [5.74, 6) is -0.901. The summed E-state index contributed by atoms with van der Waals surface area (Å²) in [5, 5.41) is 22.8. The predicted octanol–water partition coefficient (Wildman–Crippen LogP) is 2.21. The Morgan fingerprint density at radius 3 is 2.68 bits per heavy atom. The first-order valence-electron chi connectivity index (χ1n) is 5.92. The summed E-state index contributed by atoms with van der Waals surface area (Å²) in [6.07, 6.45) is 1.78. The lowest BCUT2D eigenvalue weighted by Crippen LogP contribution is -2.31.